The first kappa shape index (κ1) is 16.9. The number of ether oxygens (including phenoxy) is 2. The Morgan fingerprint density at radius 2 is 1.25 bits per heavy atom. The van der Waals surface area contributed by atoms with Gasteiger partial charge in [0.1, 0.15) is 22.3 Å². The minimum Gasteiger partial charge on any atom is -0.449 e. The normalized spacial score (nSPS) is 10.7. The maximum absolute atomic E-state index is 6.01. The Morgan fingerprint density at radius 3 is 1.75 bits per heavy atom. The second kappa shape index (κ2) is 7.75. The van der Waals surface area contributed by atoms with Crippen molar-refractivity contribution in [2.75, 3.05) is 0 Å². The fourth-order valence-electron chi connectivity index (χ4n) is 2.03. The summed E-state index contributed by atoms with van der Waals surface area (Å²) in [5.74, 6) is 1.10. The summed E-state index contributed by atoms with van der Waals surface area (Å²) in [6, 6.07) is 19.3. The summed E-state index contributed by atoms with van der Waals surface area (Å²) >= 11 is 18.0. The van der Waals surface area contributed by atoms with Gasteiger partial charge in [0, 0.05) is 10.0 Å². The summed E-state index contributed by atoms with van der Waals surface area (Å²) in [6.07, 6.45) is -0.805. The van der Waals surface area contributed by atoms with Crippen LogP contribution in [0.5, 0.6) is 11.5 Å². The fraction of sp³-hybridized carbons (Fsp3) is 0.0556. The number of hydrogen-bond acceptors (Lipinski definition) is 3. The van der Waals surface area contributed by atoms with E-state index in [9.17, 15) is 0 Å². The molecular weight excluding hydrogens is 369 g/mol. The average molecular weight is 381 g/mol. The Kier molecular flexibility index (Phi) is 5.46. The van der Waals surface area contributed by atoms with Gasteiger partial charge in [-0.15, -0.1) is 0 Å². The van der Waals surface area contributed by atoms with Gasteiger partial charge in [-0.1, -0.05) is 53.0 Å². The fourth-order valence-corrected chi connectivity index (χ4v) is 2.56. The summed E-state index contributed by atoms with van der Waals surface area (Å²) < 4.78 is 11.8. The van der Waals surface area contributed by atoms with Crippen LogP contribution in [0.2, 0.25) is 15.2 Å². The van der Waals surface area contributed by atoms with Crippen molar-refractivity contribution in [2.45, 2.75) is 6.29 Å². The van der Waals surface area contributed by atoms with E-state index in [0.29, 0.717) is 32.4 Å². The van der Waals surface area contributed by atoms with Crippen molar-refractivity contribution in [1.82, 2.24) is 4.98 Å². The highest BCUT2D eigenvalue weighted by atomic mass is 35.5. The molecule has 0 aliphatic rings. The number of rotatable bonds is 5. The zero-order valence-electron chi connectivity index (χ0n) is 12.3. The van der Waals surface area contributed by atoms with Crippen molar-refractivity contribution in [3.8, 4) is 11.5 Å². The third-order valence-corrected chi connectivity index (χ3v) is 3.74. The quantitative estimate of drug-likeness (QED) is 0.390. The molecule has 0 amide bonds. The monoisotopic (exact) mass is 379 g/mol. The van der Waals surface area contributed by atoms with Crippen LogP contribution >= 0.6 is 34.8 Å². The van der Waals surface area contributed by atoms with Crippen LogP contribution < -0.4 is 9.47 Å². The molecule has 3 nitrogen and oxygen atoms in total. The number of benzene rings is 2. The van der Waals surface area contributed by atoms with Crippen molar-refractivity contribution < 1.29 is 9.47 Å². The van der Waals surface area contributed by atoms with E-state index in [2.05, 4.69) is 4.98 Å². The molecule has 0 N–H and O–H groups in total. The van der Waals surface area contributed by atoms with Gasteiger partial charge < -0.3 is 9.47 Å². The maximum Gasteiger partial charge on any atom is 0.284 e. The van der Waals surface area contributed by atoms with Gasteiger partial charge in [0.15, 0.2) is 0 Å². The van der Waals surface area contributed by atoms with Crippen molar-refractivity contribution in [2.24, 2.45) is 0 Å². The van der Waals surface area contributed by atoms with Crippen LogP contribution in [0.15, 0.2) is 66.7 Å². The molecular formula is C18H12Cl3NO2. The lowest BCUT2D eigenvalue weighted by Crippen LogP contribution is -2.16. The largest absolute Gasteiger partial charge is 0.449 e. The SMILES string of the molecule is Clc1cccc(OC(Oc2cccc(Cl)c2)c2cccc(Cl)n2)c1. The molecule has 0 aliphatic carbocycles. The number of hydrogen-bond donors (Lipinski definition) is 0. The Balaban J connectivity index is 1.91. The molecule has 0 unspecified atom stereocenters. The first-order chi connectivity index (χ1) is 11.6. The Bertz CT molecular complexity index is 794. The zero-order chi connectivity index (χ0) is 16.9. The van der Waals surface area contributed by atoms with Crippen LogP contribution in [0.3, 0.4) is 0 Å². The lowest BCUT2D eigenvalue weighted by Gasteiger charge is -2.20. The molecule has 24 heavy (non-hydrogen) atoms. The van der Waals surface area contributed by atoms with Crippen LogP contribution in [-0.2, 0) is 0 Å². The van der Waals surface area contributed by atoms with E-state index in [0.717, 1.165) is 0 Å². The summed E-state index contributed by atoms with van der Waals surface area (Å²) in [7, 11) is 0. The average Bonchev–Trinajstić information content (AvgIpc) is 2.54. The van der Waals surface area contributed by atoms with Gasteiger partial charge in [-0.2, -0.15) is 0 Å². The molecule has 0 radical (unpaired) electrons. The van der Waals surface area contributed by atoms with Gasteiger partial charge in [-0.05, 0) is 48.5 Å². The highest BCUT2D eigenvalue weighted by Gasteiger charge is 2.18. The van der Waals surface area contributed by atoms with Crippen LogP contribution in [0.4, 0.5) is 0 Å². The van der Waals surface area contributed by atoms with Gasteiger partial charge in [0.25, 0.3) is 6.29 Å². The van der Waals surface area contributed by atoms with Crippen molar-refractivity contribution in [3.63, 3.8) is 0 Å². The summed E-state index contributed by atoms with van der Waals surface area (Å²) in [6.45, 7) is 0. The van der Waals surface area contributed by atoms with Gasteiger partial charge in [0.2, 0.25) is 0 Å². The first-order valence-corrected chi connectivity index (χ1v) is 8.20. The van der Waals surface area contributed by atoms with Gasteiger partial charge >= 0.3 is 0 Å². The zero-order valence-corrected chi connectivity index (χ0v) is 14.6. The van der Waals surface area contributed by atoms with E-state index in [1.165, 1.54) is 0 Å². The highest BCUT2D eigenvalue weighted by Crippen LogP contribution is 2.28. The lowest BCUT2D eigenvalue weighted by molar-refractivity contribution is 0.000365. The van der Waals surface area contributed by atoms with Gasteiger partial charge in [-0.3, -0.25) is 0 Å². The molecule has 3 aromatic rings. The Labute approximate surface area is 154 Å². The third-order valence-electron chi connectivity index (χ3n) is 3.06. The molecule has 0 saturated heterocycles. The van der Waals surface area contributed by atoms with E-state index in [1.54, 1.807) is 66.7 Å². The lowest BCUT2D eigenvalue weighted by atomic mass is 10.3. The second-order valence-corrected chi connectivity index (χ2v) is 6.13. The molecule has 2 aromatic carbocycles. The molecule has 0 bridgehead atoms. The molecule has 6 heteroatoms. The predicted octanol–water partition coefficient (Wildman–Crippen LogP) is 6.20. The molecule has 0 spiro atoms. The smallest absolute Gasteiger partial charge is 0.284 e. The van der Waals surface area contributed by atoms with Gasteiger partial charge in [0.05, 0.1) is 0 Å². The number of halogens is 3. The Hall–Kier alpha value is -1.94. The molecule has 1 heterocycles. The maximum atomic E-state index is 6.01. The molecule has 0 saturated carbocycles. The number of pyridine rings is 1. The minimum atomic E-state index is -0.805. The molecule has 122 valence electrons. The van der Waals surface area contributed by atoms with Crippen LogP contribution in [0.25, 0.3) is 0 Å². The van der Waals surface area contributed by atoms with Crippen molar-refractivity contribution in [1.29, 1.82) is 0 Å². The predicted molar refractivity (Wildman–Crippen MR) is 96.1 cm³/mol. The summed E-state index contributed by atoms with van der Waals surface area (Å²) in [5, 5.41) is 1.48. The molecule has 0 aliphatic heterocycles. The molecule has 0 fully saturated rings. The van der Waals surface area contributed by atoms with E-state index < -0.39 is 6.29 Å². The van der Waals surface area contributed by atoms with E-state index >= 15 is 0 Å². The summed E-state index contributed by atoms with van der Waals surface area (Å²) in [5.41, 5.74) is 0.530. The third kappa shape index (κ3) is 4.54. The number of nitrogens with zero attached hydrogens (tertiary/aromatic N) is 1. The van der Waals surface area contributed by atoms with Gasteiger partial charge in [-0.25, -0.2) is 4.98 Å². The van der Waals surface area contributed by atoms with E-state index in [1.807, 2.05) is 0 Å². The topological polar surface area (TPSA) is 31.4 Å². The minimum absolute atomic E-state index is 0.349. The van der Waals surface area contributed by atoms with E-state index in [-0.39, 0.29) is 0 Å². The van der Waals surface area contributed by atoms with Crippen LogP contribution in [-0.4, -0.2) is 4.98 Å². The Morgan fingerprint density at radius 1 is 0.708 bits per heavy atom. The summed E-state index contributed by atoms with van der Waals surface area (Å²) in [4.78, 5) is 4.26. The standard InChI is InChI=1S/C18H12Cl3NO2/c19-12-4-1-6-14(10-12)23-18(16-8-3-9-17(21)22-16)24-15-7-2-5-13(20)11-15/h1-11,18H. The number of aromatic nitrogens is 1. The molecule has 0 atom stereocenters. The molecule has 1 aromatic heterocycles. The van der Waals surface area contributed by atoms with E-state index in [4.69, 9.17) is 44.3 Å². The highest BCUT2D eigenvalue weighted by molar-refractivity contribution is 6.31. The first-order valence-electron chi connectivity index (χ1n) is 7.07. The van der Waals surface area contributed by atoms with Crippen LogP contribution in [0.1, 0.15) is 12.0 Å². The second-order valence-electron chi connectivity index (χ2n) is 4.87. The van der Waals surface area contributed by atoms with Crippen molar-refractivity contribution >= 4 is 34.8 Å². The molecule has 3 rings (SSSR count). The van der Waals surface area contributed by atoms with Crippen molar-refractivity contribution in [3.05, 3.63) is 87.6 Å². The van der Waals surface area contributed by atoms with Crippen LogP contribution in [0, 0.1) is 0 Å².